The topological polar surface area (TPSA) is 33.7 Å². The summed E-state index contributed by atoms with van der Waals surface area (Å²) in [5, 5.41) is 4.12. The summed E-state index contributed by atoms with van der Waals surface area (Å²) in [5.41, 5.74) is 0. The fraction of sp³-hybridized carbons (Fsp3) is 0.500. The van der Waals surface area contributed by atoms with Crippen molar-refractivity contribution in [2.24, 2.45) is 0 Å². The maximum Gasteiger partial charge on any atom is 0.169 e. The Morgan fingerprint density at radius 2 is 2.11 bits per heavy atom. The molecule has 19 heavy (non-hydrogen) atoms. The summed E-state index contributed by atoms with van der Waals surface area (Å²) < 4.78 is 11.6. The summed E-state index contributed by atoms with van der Waals surface area (Å²) in [7, 11) is 1.99. The van der Waals surface area contributed by atoms with Crippen molar-refractivity contribution in [3.05, 3.63) is 24.3 Å². The van der Waals surface area contributed by atoms with Crippen molar-refractivity contribution in [2.75, 3.05) is 20.2 Å². The average Bonchev–Trinajstić information content (AvgIpc) is 3.22. The first kappa shape index (κ1) is 12.5. The molecular weight excluding hydrogens is 260 g/mol. The molecule has 1 saturated carbocycles. The van der Waals surface area contributed by atoms with Gasteiger partial charge in [0.25, 0.3) is 0 Å². The Bertz CT molecular complexity index is 476. The van der Waals surface area contributed by atoms with Crippen LogP contribution in [-0.2, 0) is 0 Å². The van der Waals surface area contributed by atoms with Crippen LogP contribution in [-0.4, -0.2) is 42.4 Å². The van der Waals surface area contributed by atoms with Gasteiger partial charge in [-0.3, -0.25) is 0 Å². The Hall–Kier alpha value is -1.49. The van der Waals surface area contributed by atoms with Crippen LogP contribution in [0.15, 0.2) is 24.3 Å². The number of likely N-dealkylation sites (N-methyl/N-ethyl adjacent to an activating group) is 1. The second-order valence-electron chi connectivity index (χ2n) is 5.10. The van der Waals surface area contributed by atoms with E-state index in [1.54, 1.807) is 0 Å². The zero-order chi connectivity index (χ0) is 13.2. The summed E-state index contributed by atoms with van der Waals surface area (Å²) in [6.07, 6.45) is 2.47. The first-order valence-corrected chi connectivity index (χ1v) is 7.03. The second kappa shape index (κ2) is 5.25. The van der Waals surface area contributed by atoms with Crippen LogP contribution in [0.4, 0.5) is 0 Å². The molecule has 1 aromatic carbocycles. The number of nitrogens with one attached hydrogen (secondary N) is 1. The van der Waals surface area contributed by atoms with E-state index in [1.165, 1.54) is 12.8 Å². The van der Waals surface area contributed by atoms with E-state index in [0.29, 0.717) is 12.6 Å². The zero-order valence-electron chi connectivity index (χ0n) is 11.0. The van der Waals surface area contributed by atoms with Gasteiger partial charge in [-0.2, -0.15) is 0 Å². The highest BCUT2D eigenvalue weighted by atomic mass is 32.1. The van der Waals surface area contributed by atoms with Gasteiger partial charge in [0.2, 0.25) is 0 Å². The molecule has 0 saturated heterocycles. The third kappa shape index (κ3) is 3.10. The average molecular weight is 278 g/mol. The Balaban J connectivity index is 1.54. The predicted octanol–water partition coefficient (Wildman–Crippen LogP) is 1.80. The molecule has 1 N–H and O–H groups in total. The molecule has 1 heterocycles. The monoisotopic (exact) mass is 278 g/mol. The van der Waals surface area contributed by atoms with Crippen molar-refractivity contribution in [1.29, 1.82) is 0 Å². The van der Waals surface area contributed by atoms with Crippen molar-refractivity contribution in [3.8, 4) is 11.5 Å². The van der Waals surface area contributed by atoms with Crippen LogP contribution in [0.2, 0.25) is 0 Å². The van der Waals surface area contributed by atoms with Crippen LogP contribution in [0, 0.1) is 0 Å². The van der Waals surface area contributed by atoms with Gasteiger partial charge in [-0.1, -0.05) is 12.1 Å². The Kier molecular flexibility index (Phi) is 3.46. The molecule has 1 aromatic rings. The van der Waals surface area contributed by atoms with Gasteiger partial charge in [-0.15, -0.1) is 0 Å². The van der Waals surface area contributed by atoms with Crippen molar-refractivity contribution in [2.45, 2.75) is 25.0 Å². The lowest BCUT2D eigenvalue weighted by molar-refractivity contribution is 0.0779. The highest BCUT2D eigenvalue weighted by molar-refractivity contribution is 7.80. The third-order valence-corrected chi connectivity index (χ3v) is 3.73. The number of hydrogen-bond donors (Lipinski definition) is 1. The molecule has 0 aromatic heterocycles. The fourth-order valence-corrected chi connectivity index (χ4v) is 2.30. The minimum Gasteiger partial charge on any atom is -0.486 e. The van der Waals surface area contributed by atoms with Gasteiger partial charge in [0.1, 0.15) is 6.61 Å². The number of fused-ring (bicyclic) bond motifs is 1. The number of nitrogens with zero attached hydrogens (tertiary/aromatic N) is 1. The molecule has 2 aliphatic rings. The van der Waals surface area contributed by atoms with Crippen LogP contribution >= 0.6 is 12.2 Å². The summed E-state index contributed by atoms with van der Waals surface area (Å²) >= 11 is 5.36. The smallest absolute Gasteiger partial charge is 0.169 e. The van der Waals surface area contributed by atoms with Crippen LogP contribution in [0.1, 0.15) is 12.8 Å². The van der Waals surface area contributed by atoms with Crippen LogP contribution < -0.4 is 14.8 Å². The maximum atomic E-state index is 5.92. The van der Waals surface area contributed by atoms with Gasteiger partial charge in [0.15, 0.2) is 22.7 Å². The van der Waals surface area contributed by atoms with Crippen molar-refractivity contribution in [3.63, 3.8) is 0 Å². The van der Waals surface area contributed by atoms with E-state index in [9.17, 15) is 0 Å². The van der Waals surface area contributed by atoms with Gasteiger partial charge in [-0.05, 0) is 37.2 Å². The van der Waals surface area contributed by atoms with E-state index in [4.69, 9.17) is 21.7 Å². The lowest BCUT2D eigenvalue weighted by atomic mass is 10.2. The summed E-state index contributed by atoms with van der Waals surface area (Å²) in [5.74, 6) is 1.63. The molecule has 4 nitrogen and oxygen atoms in total. The molecule has 0 radical (unpaired) electrons. The lowest BCUT2D eigenvalue weighted by Gasteiger charge is -2.30. The molecule has 0 spiro atoms. The van der Waals surface area contributed by atoms with Crippen molar-refractivity contribution < 1.29 is 9.47 Å². The van der Waals surface area contributed by atoms with Crippen molar-refractivity contribution in [1.82, 2.24) is 10.2 Å². The number of rotatable bonds is 3. The number of para-hydroxylation sites is 2. The summed E-state index contributed by atoms with van der Waals surface area (Å²) in [4.78, 5) is 2.02. The van der Waals surface area contributed by atoms with Crippen LogP contribution in [0.5, 0.6) is 11.5 Å². The van der Waals surface area contributed by atoms with E-state index in [1.807, 2.05) is 36.2 Å². The van der Waals surface area contributed by atoms with Gasteiger partial charge in [-0.25, -0.2) is 0 Å². The SMILES string of the molecule is CN(C[C@@H]1COc2ccccc2O1)C(=S)NC1CC1. The Morgan fingerprint density at radius 3 is 2.84 bits per heavy atom. The molecular formula is C14H18N2O2S. The summed E-state index contributed by atoms with van der Waals surface area (Å²) in [6.45, 7) is 1.29. The first-order valence-electron chi connectivity index (χ1n) is 6.62. The van der Waals surface area contributed by atoms with Crippen LogP contribution in [0.25, 0.3) is 0 Å². The largest absolute Gasteiger partial charge is 0.486 e. The molecule has 102 valence electrons. The highest BCUT2D eigenvalue weighted by Gasteiger charge is 2.26. The number of benzene rings is 1. The molecule has 0 unspecified atom stereocenters. The summed E-state index contributed by atoms with van der Waals surface area (Å²) in [6, 6.07) is 8.34. The third-order valence-electron chi connectivity index (χ3n) is 3.30. The zero-order valence-corrected chi connectivity index (χ0v) is 11.8. The molecule has 1 aliphatic heterocycles. The molecule has 5 heteroatoms. The van der Waals surface area contributed by atoms with Gasteiger partial charge in [0.05, 0.1) is 6.54 Å². The Morgan fingerprint density at radius 1 is 1.37 bits per heavy atom. The van der Waals surface area contributed by atoms with Crippen LogP contribution in [0.3, 0.4) is 0 Å². The first-order chi connectivity index (χ1) is 9.22. The number of ether oxygens (including phenoxy) is 2. The normalized spacial score (nSPS) is 20.8. The number of hydrogen-bond acceptors (Lipinski definition) is 3. The molecule has 1 atom stereocenters. The molecule has 0 amide bonds. The van der Waals surface area contributed by atoms with Gasteiger partial charge >= 0.3 is 0 Å². The number of thiocarbonyl (C=S) groups is 1. The van der Waals surface area contributed by atoms with E-state index in [2.05, 4.69) is 5.32 Å². The molecule has 1 fully saturated rings. The van der Waals surface area contributed by atoms with E-state index in [-0.39, 0.29) is 6.10 Å². The second-order valence-corrected chi connectivity index (χ2v) is 5.49. The molecule has 3 rings (SSSR count). The fourth-order valence-electron chi connectivity index (χ4n) is 2.05. The Labute approximate surface area is 118 Å². The van der Waals surface area contributed by atoms with E-state index >= 15 is 0 Å². The minimum absolute atomic E-state index is 0.0128. The lowest BCUT2D eigenvalue weighted by Crippen LogP contribution is -2.45. The van der Waals surface area contributed by atoms with Gasteiger partial charge < -0.3 is 19.7 Å². The van der Waals surface area contributed by atoms with Gasteiger partial charge in [0, 0.05) is 13.1 Å². The molecule has 1 aliphatic carbocycles. The standard InChI is InChI=1S/C14H18N2O2S/c1-16(14(19)15-10-6-7-10)8-11-9-17-12-4-2-3-5-13(12)18-11/h2-5,10-11H,6-9H2,1H3,(H,15,19)/t11-/m1/s1. The molecule has 0 bridgehead atoms. The van der Waals surface area contributed by atoms with Crippen molar-refractivity contribution >= 4 is 17.3 Å². The van der Waals surface area contributed by atoms with E-state index < -0.39 is 0 Å². The quantitative estimate of drug-likeness (QED) is 0.853. The highest BCUT2D eigenvalue weighted by Crippen LogP contribution is 2.30. The maximum absolute atomic E-state index is 5.92. The van der Waals surface area contributed by atoms with E-state index in [0.717, 1.165) is 23.2 Å². The predicted molar refractivity (Wildman–Crippen MR) is 77.7 cm³/mol. The minimum atomic E-state index is 0.0128.